The van der Waals surface area contributed by atoms with Crippen LogP contribution in [0.2, 0.25) is 0 Å². The molecule has 23 heavy (non-hydrogen) atoms. The lowest BCUT2D eigenvalue weighted by atomic mass is 9.85. The molecule has 1 N–H and O–H groups in total. The quantitative estimate of drug-likeness (QED) is 0.864. The Kier molecular flexibility index (Phi) is 4.15. The SMILES string of the molecule is C=C(C)[C@@H]1CN(S(=O)(=O)c2ccc(C)cc2)C2(CCCC2)[C@H]1O. The molecule has 126 valence electrons. The summed E-state index contributed by atoms with van der Waals surface area (Å²) in [5, 5.41) is 10.9. The third-order valence-electron chi connectivity index (χ3n) is 5.50. The van der Waals surface area contributed by atoms with Crippen molar-refractivity contribution in [2.75, 3.05) is 6.54 Å². The van der Waals surface area contributed by atoms with Crippen molar-refractivity contribution in [3.05, 3.63) is 42.0 Å². The molecule has 4 nitrogen and oxygen atoms in total. The van der Waals surface area contributed by atoms with Crippen LogP contribution in [0.15, 0.2) is 41.3 Å². The highest BCUT2D eigenvalue weighted by Gasteiger charge is 2.58. The molecule has 1 aliphatic heterocycles. The topological polar surface area (TPSA) is 57.6 Å². The van der Waals surface area contributed by atoms with Crippen LogP contribution < -0.4 is 0 Å². The van der Waals surface area contributed by atoms with E-state index < -0.39 is 21.7 Å². The zero-order valence-corrected chi connectivity index (χ0v) is 14.6. The number of aliphatic hydroxyl groups excluding tert-OH is 1. The van der Waals surface area contributed by atoms with Crippen molar-refractivity contribution >= 4 is 10.0 Å². The standard InChI is InChI=1S/C18H25NO3S/c1-13(2)16-12-19(18(17(16)20)10-4-5-11-18)23(21,22)15-8-6-14(3)7-9-15/h6-9,16-17,20H,1,4-5,10-12H2,2-3H3/t16-,17-/m0/s1. The van der Waals surface area contributed by atoms with Crippen LogP contribution in [-0.4, -0.2) is 36.0 Å². The van der Waals surface area contributed by atoms with Crippen LogP contribution in [-0.2, 0) is 10.0 Å². The van der Waals surface area contributed by atoms with E-state index in [9.17, 15) is 13.5 Å². The van der Waals surface area contributed by atoms with Crippen LogP contribution in [0.3, 0.4) is 0 Å². The number of rotatable bonds is 3. The Bertz CT molecular complexity index is 702. The molecule has 1 heterocycles. The van der Waals surface area contributed by atoms with Crippen molar-refractivity contribution in [2.45, 2.75) is 56.1 Å². The van der Waals surface area contributed by atoms with Crippen molar-refractivity contribution in [2.24, 2.45) is 5.92 Å². The molecule has 1 aliphatic carbocycles. The Hall–Kier alpha value is -1.17. The van der Waals surface area contributed by atoms with E-state index in [1.807, 2.05) is 26.0 Å². The zero-order chi connectivity index (χ0) is 16.8. The number of hydrogen-bond acceptors (Lipinski definition) is 3. The summed E-state index contributed by atoms with van der Waals surface area (Å²) in [5.74, 6) is -0.187. The Balaban J connectivity index is 2.05. The van der Waals surface area contributed by atoms with E-state index in [4.69, 9.17) is 0 Å². The molecule has 1 saturated heterocycles. The summed E-state index contributed by atoms with van der Waals surface area (Å²) in [7, 11) is -3.61. The number of aryl methyl sites for hydroxylation is 1. The van der Waals surface area contributed by atoms with E-state index >= 15 is 0 Å². The van der Waals surface area contributed by atoms with Gasteiger partial charge in [0.15, 0.2) is 0 Å². The van der Waals surface area contributed by atoms with E-state index in [1.165, 1.54) is 0 Å². The minimum Gasteiger partial charge on any atom is -0.390 e. The van der Waals surface area contributed by atoms with Crippen LogP contribution in [0.5, 0.6) is 0 Å². The maximum Gasteiger partial charge on any atom is 0.243 e. The molecule has 1 aromatic carbocycles. The van der Waals surface area contributed by atoms with Gasteiger partial charge < -0.3 is 5.11 Å². The highest BCUT2D eigenvalue weighted by atomic mass is 32.2. The molecule has 2 fully saturated rings. The molecule has 0 radical (unpaired) electrons. The lowest BCUT2D eigenvalue weighted by molar-refractivity contribution is 0.0540. The molecule has 0 amide bonds. The van der Waals surface area contributed by atoms with Gasteiger partial charge in [-0.1, -0.05) is 42.7 Å². The molecular formula is C18H25NO3S. The Labute approximate surface area is 138 Å². The Morgan fingerprint density at radius 3 is 2.35 bits per heavy atom. The van der Waals surface area contributed by atoms with Gasteiger partial charge in [0, 0.05) is 12.5 Å². The highest BCUT2D eigenvalue weighted by molar-refractivity contribution is 7.89. The van der Waals surface area contributed by atoms with Crippen molar-refractivity contribution < 1.29 is 13.5 Å². The van der Waals surface area contributed by atoms with E-state index in [0.717, 1.165) is 36.8 Å². The van der Waals surface area contributed by atoms with Gasteiger partial charge in [0.2, 0.25) is 10.0 Å². The second kappa shape index (κ2) is 5.72. The van der Waals surface area contributed by atoms with Crippen molar-refractivity contribution in [3.8, 4) is 0 Å². The van der Waals surface area contributed by atoms with E-state index in [2.05, 4.69) is 6.58 Å². The number of sulfonamides is 1. The first-order valence-electron chi connectivity index (χ1n) is 8.22. The third kappa shape index (κ3) is 2.55. The summed E-state index contributed by atoms with van der Waals surface area (Å²) in [5.41, 5.74) is 1.22. The molecule has 1 aromatic rings. The molecule has 2 aliphatic rings. The maximum absolute atomic E-state index is 13.2. The van der Waals surface area contributed by atoms with Crippen LogP contribution in [0.4, 0.5) is 0 Å². The minimum atomic E-state index is -3.61. The average molecular weight is 335 g/mol. The molecule has 1 spiro atoms. The van der Waals surface area contributed by atoms with Gasteiger partial charge >= 0.3 is 0 Å². The number of hydrogen-bond donors (Lipinski definition) is 1. The van der Waals surface area contributed by atoms with Gasteiger partial charge in [-0.05, 0) is 38.8 Å². The second-order valence-electron chi connectivity index (χ2n) is 7.06. The van der Waals surface area contributed by atoms with Gasteiger partial charge in [-0.2, -0.15) is 4.31 Å². The molecule has 0 aromatic heterocycles. The number of nitrogens with zero attached hydrogens (tertiary/aromatic N) is 1. The Morgan fingerprint density at radius 1 is 1.26 bits per heavy atom. The summed E-state index contributed by atoms with van der Waals surface area (Å²) >= 11 is 0. The van der Waals surface area contributed by atoms with Gasteiger partial charge in [-0.3, -0.25) is 0 Å². The fraction of sp³-hybridized carbons (Fsp3) is 0.556. The molecule has 0 bridgehead atoms. The summed E-state index contributed by atoms with van der Waals surface area (Å²) in [6.45, 7) is 8.10. The molecular weight excluding hydrogens is 310 g/mol. The van der Waals surface area contributed by atoms with Crippen molar-refractivity contribution in [1.82, 2.24) is 4.31 Å². The lowest BCUT2D eigenvalue weighted by Gasteiger charge is -2.36. The van der Waals surface area contributed by atoms with Crippen LogP contribution in [0, 0.1) is 12.8 Å². The van der Waals surface area contributed by atoms with Crippen LogP contribution >= 0.6 is 0 Å². The fourth-order valence-electron chi connectivity index (χ4n) is 4.12. The van der Waals surface area contributed by atoms with Gasteiger partial charge in [0.1, 0.15) is 0 Å². The molecule has 3 rings (SSSR count). The van der Waals surface area contributed by atoms with Gasteiger partial charge in [-0.25, -0.2) is 8.42 Å². The first kappa shape index (κ1) is 16.7. The summed E-state index contributed by atoms with van der Waals surface area (Å²) in [6, 6.07) is 6.95. The minimum absolute atomic E-state index is 0.187. The predicted octanol–water partition coefficient (Wildman–Crippen LogP) is 2.87. The zero-order valence-electron chi connectivity index (χ0n) is 13.8. The monoisotopic (exact) mass is 335 g/mol. The first-order chi connectivity index (χ1) is 10.8. The van der Waals surface area contributed by atoms with Gasteiger partial charge in [0.25, 0.3) is 0 Å². The highest BCUT2D eigenvalue weighted by Crippen LogP contribution is 2.49. The van der Waals surface area contributed by atoms with Crippen molar-refractivity contribution in [1.29, 1.82) is 0 Å². The molecule has 2 atom stereocenters. The van der Waals surface area contributed by atoms with Crippen molar-refractivity contribution in [3.63, 3.8) is 0 Å². The number of aliphatic hydroxyl groups is 1. The molecule has 1 saturated carbocycles. The van der Waals surface area contributed by atoms with Gasteiger partial charge in [-0.15, -0.1) is 0 Å². The largest absolute Gasteiger partial charge is 0.390 e. The summed E-state index contributed by atoms with van der Waals surface area (Å²) < 4.78 is 28.0. The maximum atomic E-state index is 13.2. The Morgan fingerprint density at radius 2 is 1.83 bits per heavy atom. The first-order valence-corrected chi connectivity index (χ1v) is 9.66. The molecule has 5 heteroatoms. The lowest BCUT2D eigenvalue weighted by Crippen LogP contribution is -2.51. The van der Waals surface area contributed by atoms with Crippen LogP contribution in [0.25, 0.3) is 0 Å². The van der Waals surface area contributed by atoms with Crippen LogP contribution in [0.1, 0.15) is 38.2 Å². The average Bonchev–Trinajstić information content (AvgIpc) is 3.08. The van der Waals surface area contributed by atoms with Gasteiger partial charge in [0.05, 0.1) is 16.5 Å². The third-order valence-corrected chi connectivity index (χ3v) is 7.46. The predicted molar refractivity (Wildman–Crippen MR) is 90.6 cm³/mol. The smallest absolute Gasteiger partial charge is 0.243 e. The second-order valence-corrected chi connectivity index (χ2v) is 8.92. The molecule has 0 unspecified atom stereocenters. The van der Waals surface area contributed by atoms with E-state index in [-0.39, 0.29) is 5.92 Å². The normalized spacial score (nSPS) is 27.6. The summed E-state index contributed by atoms with van der Waals surface area (Å²) in [6.07, 6.45) is 2.70. The fourth-order valence-corrected chi connectivity index (χ4v) is 5.98. The van der Waals surface area contributed by atoms with E-state index in [1.54, 1.807) is 16.4 Å². The number of benzene rings is 1. The van der Waals surface area contributed by atoms with E-state index in [0.29, 0.717) is 11.4 Å². The summed E-state index contributed by atoms with van der Waals surface area (Å²) in [4.78, 5) is 0.309.